The van der Waals surface area contributed by atoms with Gasteiger partial charge in [-0.3, -0.25) is 9.59 Å². The molecule has 3 atom stereocenters. The molecular weight excluding hydrogens is 414 g/mol. The summed E-state index contributed by atoms with van der Waals surface area (Å²) in [4.78, 5) is 30.1. The Morgan fingerprint density at radius 1 is 1.21 bits per heavy atom. The molecule has 4 N–H and O–H groups in total. The van der Waals surface area contributed by atoms with Gasteiger partial charge in [-0.2, -0.15) is 0 Å². The molecule has 3 heterocycles. The summed E-state index contributed by atoms with van der Waals surface area (Å²) in [5.74, 6) is 2.45. The van der Waals surface area contributed by atoms with E-state index in [9.17, 15) is 9.59 Å². The number of likely N-dealkylation sites (tertiary alicyclic amines) is 1. The summed E-state index contributed by atoms with van der Waals surface area (Å²) in [6.07, 6.45) is 16.6. The van der Waals surface area contributed by atoms with Crippen molar-refractivity contribution in [3.8, 4) is 0 Å². The van der Waals surface area contributed by atoms with Crippen LogP contribution in [0.15, 0.2) is 35.8 Å². The highest BCUT2D eigenvalue weighted by Gasteiger charge is 2.51. The summed E-state index contributed by atoms with van der Waals surface area (Å²) in [6, 6.07) is 0.0770. The van der Waals surface area contributed by atoms with Crippen LogP contribution in [-0.2, 0) is 9.59 Å². The quantitative estimate of drug-likeness (QED) is 0.595. The van der Waals surface area contributed by atoms with Crippen molar-refractivity contribution >= 4 is 11.8 Å². The van der Waals surface area contributed by atoms with Crippen molar-refractivity contribution in [3.05, 3.63) is 35.8 Å². The topological polar surface area (TPSA) is 90.7 Å². The fourth-order valence-electron chi connectivity index (χ4n) is 7.89. The third kappa shape index (κ3) is 3.78. The van der Waals surface area contributed by atoms with E-state index in [1.54, 1.807) is 0 Å². The summed E-state index contributed by atoms with van der Waals surface area (Å²) in [5, 5.41) is 6.75. The average Bonchev–Trinajstić information content (AvgIpc) is 3.41. The molecule has 0 spiro atoms. The van der Waals surface area contributed by atoms with Gasteiger partial charge in [-0.25, -0.2) is 0 Å². The highest BCUT2D eigenvalue weighted by Crippen LogP contribution is 2.59. The molecule has 7 rings (SSSR count). The molecule has 2 unspecified atom stereocenters. The Labute approximate surface area is 196 Å². The Morgan fingerprint density at radius 3 is 2.55 bits per heavy atom. The maximum atomic E-state index is 13.3. The molecule has 7 aliphatic rings. The number of carbonyl (C=O) groups excluding carboxylic acids is 2. The first-order valence-electron chi connectivity index (χ1n) is 12.9. The second kappa shape index (κ2) is 7.90. The Balaban J connectivity index is 1.12. The Bertz CT molecular complexity index is 902. The van der Waals surface area contributed by atoms with Crippen LogP contribution < -0.4 is 16.4 Å². The monoisotopic (exact) mass is 451 g/mol. The van der Waals surface area contributed by atoms with Crippen LogP contribution in [0.4, 0.5) is 0 Å². The third-order valence-electron chi connectivity index (χ3n) is 9.11. The molecule has 4 aliphatic carbocycles. The molecule has 178 valence electrons. The Hall–Kier alpha value is -2.28. The largest absolute Gasteiger partial charge is 0.363 e. The first-order chi connectivity index (χ1) is 15.9. The molecule has 4 bridgehead atoms. The van der Waals surface area contributed by atoms with Crippen molar-refractivity contribution in [1.29, 1.82) is 0 Å². The van der Waals surface area contributed by atoms with Gasteiger partial charge >= 0.3 is 0 Å². The summed E-state index contributed by atoms with van der Waals surface area (Å²) in [6.45, 7) is 4.08. The molecule has 7 nitrogen and oxygen atoms in total. The molecule has 0 radical (unpaired) electrons. The minimum Gasteiger partial charge on any atom is -0.363 e. The minimum atomic E-state index is -0.286. The van der Waals surface area contributed by atoms with E-state index < -0.39 is 0 Å². The number of carbonyl (C=O) groups is 2. The van der Waals surface area contributed by atoms with Crippen LogP contribution in [0, 0.1) is 29.1 Å². The molecule has 7 heteroatoms. The van der Waals surface area contributed by atoms with Crippen LogP contribution in [0.25, 0.3) is 0 Å². The van der Waals surface area contributed by atoms with Crippen LogP contribution in [0.3, 0.4) is 0 Å². The lowest BCUT2D eigenvalue weighted by Crippen LogP contribution is -2.52. The van der Waals surface area contributed by atoms with E-state index in [0.717, 1.165) is 43.0 Å². The van der Waals surface area contributed by atoms with E-state index in [2.05, 4.69) is 10.6 Å². The van der Waals surface area contributed by atoms with E-state index >= 15 is 0 Å². The number of rotatable bonds is 5. The second-order valence-electron chi connectivity index (χ2n) is 11.7. The molecule has 0 aromatic rings. The number of nitrogens with one attached hydrogen (secondary N) is 2. The first kappa shape index (κ1) is 21.3. The second-order valence-corrected chi connectivity index (χ2v) is 11.7. The maximum Gasteiger partial charge on any atom is 0.267 e. The molecule has 0 aromatic heterocycles. The number of fused-ring (bicyclic) bond motifs is 1. The summed E-state index contributed by atoms with van der Waals surface area (Å²) in [7, 11) is 0. The molecular formula is C26H37N5O2. The number of allylic oxidation sites excluding steroid dienone is 2. The normalized spacial score (nSPS) is 39.2. The van der Waals surface area contributed by atoms with Crippen molar-refractivity contribution in [2.45, 2.75) is 64.1 Å². The number of hydrogen-bond donors (Lipinski definition) is 3. The van der Waals surface area contributed by atoms with Crippen molar-refractivity contribution in [2.75, 3.05) is 19.6 Å². The predicted molar refractivity (Wildman–Crippen MR) is 126 cm³/mol. The summed E-state index contributed by atoms with van der Waals surface area (Å²) in [5.41, 5.74) is 7.82. The average molecular weight is 452 g/mol. The van der Waals surface area contributed by atoms with Gasteiger partial charge in [-0.05, 0) is 87.2 Å². The number of amides is 2. The van der Waals surface area contributed by atoms with Crippen LogP contribution in [0.5, 0.6) is 0 Å². The SMILES string of the molecule is CC(C(=O)N1CC[C@@H](N)C1)C1=CN2C(C(=O)NCC34CC5CC(CC(C5)C3)C4)=CC=CC2N1. The number of nitrogens with two attached hydrogens (primary N) is 1. The van der Waals surface area contributed by atoms with Crippen LogP contribution >= 0.6 is 0 Å². The van der Waals surface area contributed by atoms with Gasteiger partial charge < -0.3 is 26.2 Å². The van der Waals surface area contributed by atoms with Gasteiger partial charge in [0.1, 0.15) is 11.9 Å². The maximum absolute atomic E-state index is 13.3. The highest BCUT2D eigenvalue weighted by molar-refractivity contribution is 5.94. The zero-order valence-electron chi connectivity index (χ0n) is 19.6. The van der Waals surface area contributed by atoms with Gasteiger partial charge in [0.15, 0.2) is 0 Å². The molecule has 0 aromatic carbocycles. The van der Waals surface area contributed by atoms with E-state index in [1.165, 1.54) is 38.5 Å². The van der Waals surface area contributed by atoms with E-state index in [4.69, 9.17) is 5.73 Å². The van der Waals surface area contributed by atoms with Gasteiger partial charge in [0.25, 0.3) is 5.91 Å². The fraction of sp³-hybridized carbons (Fsp3) is 0.692. The van der Waals surface area contributed by atoms with E-state index in [0.29, 0.717) is 17.7 Å². The zero-order valence-corrected chi connectivity index (χ0v) is 19.6. The molecule has 33 heavy (non-hydrogen) atoms. The van der Waals surface area contributed by atoms with Gasteiger partial charge in [-0.15, -0.1) is 0 Å². The van der Waals surface area contributed by atoms with Gasteiger partial charge in [0.2, 0.25) is 5.91 Å². The molecule has 2 amide bonds. The van der Waals surface area contributed by atoms with Crippen molar-refractivity contribution in [2.24, 2.45) is 34.8 Å². The fourth-order valence-corrected chi connectivity index (χ4v) is 7.89. The van der Waals surface area contributed by atoms with E-state index in [1.807, 2.05) is 41.2 Å². The smallest absolute Gasteiger partial charge is 0.267 e. The Morgan fingerprint density at radius 2 is 1.91 bits per heavy atom. The van der Waals surface area contributed by atoms with Crippen molar-refractivity contribution in [3.63, 3.8) is 0 Å². The Kier molecular flexibility index (Phi) is 5.09. The van der Waals surface area contributed by atoms with Gasteiger partial charge in [0, 0.05) is 37.6 Å². The van der Waals surface area contributed by atoms with Crippen molar-refractivity contribution < 1.29 is 9.59 Å². The molecule has 5 fully saturated rings. The van der Waals surface area contributed by atoms with Crippen LogP contribution in [-0.4, -0.2) is 53.5 Å². The predicted octanol–water partition coefficient (Wildman–Crippen LogP) is 2.04. The number of hydrogen-bond acceptors (Lipinski definition) is 5. The van der Waals surface area contributed by atoms with Crippen LogP contribution in [0.1, 0.15) is 51.9 Å². The lowest BCUT2D eigenvalue weighted by Gasteiger charge is -2.57. The highest BCUT2D eigenvalue weighted by atomic mass is 16.2. The molecule has 4 saturated carbocycles. The lowest BCUT2D eigenvalue weighted by molar-refractivity contribution is -0.132. The minimum absolute atomic E-state index is 0.0103. The summed E-state index contributed by atoms with van der Waals surface area (Å²) >= 11 is 0. The first-order valence-corrected chi connectivity index (χ1v) is 12.9. The van der Waals surface area contributed by atoms with Gasteiger partial charge in [0.05, 0.1) is 5.92 Å². The third-order valence-corrected chi connectivity index (χ3v) is 9.11. The van der Waals surface area contributed by atoms with Crippen molar-refractivity contribution in [1.82, 2.24) is 20.4 Å². The van der Waals surface area contributed by atoms with E-state index in [-0.39, 0.29) is 29.9 Å². The number of nitrogens with zero attached hydrogens (tertiary/aromatic N) is 2. The summed E-state index contributed by atoms with van der Waals surface area (Å²) < 4.78 is 0. The van der Waals surface area contributed by atoms with Gasteiger partial charge in [-0.1, -0.05) is 6.08 Å². The zero-order chi connectivity index (χ0) is 22.7. The molecule has 1 saturated heterocycles. The lowest BCUT2D eigenvalue weighted by atomic mass is 9.49. The molecule has 3 aliphatic heterocycles. The standard InChI is InChI=1S/C26H37N5O2/c1-16(25(33)30-6-5-20(27)13-30)21-14-31-22(3-2-4-23(31)29-21)24(32)28-15-26-10-17-7-18(11-26)9-19(8-17)12-26/h2-4,14,16-20,23,29H,5-13,15,27H2,1H3,(H,28,32)/t16?,17?,18?,19?,20-,23?,26?/m1/s1. The van der Waals surface area contributed by atoms with Crippen LogP contribution in [0.2, 0.25) is 0 Å².